The van der Waals surface area contributed by atoms with Gasteiger partial charge < -0.3 is 4.57 Å². The van der Waals surface area contributed by atoms with E-state index in [1.54, 1.807) is 0 Å². The van der Waals surface area contributed by atoms with Gasteiger partial charge in [-0.2, -0.15) is 0 Å². The molecule has 2 aromatic heterocycles. The topological polar surface area (TPSA) is 17.8 Å². The molecule has 7 aromatic rings. The summed E-state index contributed by atoms with van der Waals surface area (Å²) in [5.74, 6) is 0. The van der Waals surface area contributed by atoms with Gasteiger partial charge >= 0.3 is 0 Å². The number of benzene rings is 5. The summed E-state index contributed by atoms with van der Waals surface area (Å²) < 4.78 is 2.43. The molecule has 5 aromatic carbocycles. The molecule has 1 aliphatic rings. The molecule has 0 saturated heterocycles. The molecule has 0 saturated carbocycles. The van der Waals surface area contributed by atoms with Gasteiger partial charge in [0.25, 0.3) is 0 Å². The van der Waals surface area contributed by atoms with Crippen molar-refractivity contribution in [2.24, 2.45) is 0 Å². The average Bonchev–Trinajstić information content (AvgIpc) is 3.45. The Kier molecular flexibility index (Phi) is 4.90. The Labute approximate surface area is 234 Å². The second-order valence-electron chi connectivity index (χ2n) is 11.3. The molecule has 0 amide bonds. The molecule has 190 valence electrons. The predicted octanol–water partition coefficient (Wildman–Crippen LogP) is 9.82. The van der Waals surface area contributed by atoms with Crippen molar-refractivity contribution in [2.75, 3.05) is 0 Å². The first-order valence-corrected chi connectivity index (χ1v) is 13.9. The van der Waals surface area contributed by atoms with Crippen LogP contribution < -0.4 is 0 Å². The van der Waals surface area contributed by atoms with Crippen LogP contribution in [0.4, 0.5) is 0 Å². The van der Waals surface area contributed by atoms with Gasteiger partial charge in [-0.3, -0.25) is 4.98 Å². The Balaban J connectivity index is 1.40. The Hall–Kier alpha value is -4.95. The van der Waals surface area contributed by atoms with Crippen molar-refractivity contribution >= 4 is 21.8 Å². The third kappa shape index (κ3) is 3.32. The summed E-state index contributed by atoms with van der Waals surface area (Å²) in [6, 6.07) is 46.2. The lowest BCUT2D eigenvalue weighted by Crippen LogP contribution is -2.14. The minimum Gasteiger partial charge on any atom is -0.309 e. The standard InChI is InChI=1S/C38H28N2/c1-38(2)33-16-7-6-15-29(33)30-23-32-31-22-26(25-11-10-12-27(21-25)35-17-8-9-20-39-35)18-19-36(31)40(37(32)24-34(30)38)28-13-4-3-5-14-28/h3-24H,1-2H3. The monoisotopic (exact) mass is 512 g/mol. The van der Waals surface area contributed by atoms with Crippen LogP contribution >= 0.6 is 0 Å². The number of aromatic nitrogens is 2. The summed E-state index contributed by atoms with van der Waals surface area (Å²) in [5.41, 5.74) is 13.6. The molecule has 0 bridgehead atoms. The zero-order valence-electron chi connectivity index (χ0n) is 22.6. The normalized spacial score (nSPS) is 13.4. The fourth-order valence-corrected chi connectivity index (χ4v) is 6.64. The summed E-state index contributed by atoms with van der Waals surface area (Å²) in [5, 5.41) is 2.55. The SMILES string of the molecule is CC1(C)c2ccccc2-c2cc3c4cc(-c5cccc(-c6ccccn6)c5)ccc4n(-c4ccccc4)c3cc21. The maximum absolute atomic E-state index is 4.57. The number of para-hydroxylation sites is 1. The van der Waals surface area contributed by atoms with Crippen LogP contribution in [-0.2, 0) is 5.41 Å². The minimum absolute atomic E-state index is 0.0465. The predicted molar refractivity (Wildman–Crippen MR) is 167 cm³/mol. The van der Waals surface area contributed by atoms with Crippen LogP contribution in [0.2, 0.25) is 0 Å². The summed E-state index contributed by atoms with van der Waals surface area (Å²) in [6.45, 7) is 4.71. The molecular weight excluding hydrogens is 484 g/mol. The third-order valence-electron chi connectivity index (χ3n) is 8.64. The molecule has 0 N–H and O–H groups in total. The Morgan fingerprint density at radius 2 is 1.27 bits per heavy atom. The zero-order valence-corrected chi connectivity index (χ0v) is 22.6. The lowest BCUT2D eigenvalue weighted by molar-refractivity contribution is 0.661. The van der Waals surface area contributed by atoms with Gasteiger partial charge in [0.15, 0.2) is 0 Å². The smallest absolute Gasteiger partial charge is 0.0702 e. The molecule has 0 aliphatic heterocycles. The van der Waals surface area contributed by atoms with Crippen molar-refractivity contribution in [3.05, 3.63) is 145 Å². The molecule has 0 atom stereocenters. The molecule has 2 heterocycles. The first kappa shape index (κ1) is 23.0. The van der Waals surface area contributed by atoms with Crippen molar-refractivity contribution in [2.45, 2.75) is 19.3 Å². The van der Waals surface area contributed by atoms with Gasteiger partial charge in [0.05, 0.1) is 16.7 Å². The highest BCUT2D eigenvalue weighted by Crippen LogP contribution is 2.51. The van der Waals surface area contributed by atoms with E-state index in [4.69, 9.17) is 0 Å². The van der Waals surface area contributed by atoms with Crippen molar-refractivity contribution in [1.29, 1.82) is 0 Å². The second-order valence-corrected chi connectivity index (χ2v) is 11.3. The molecule has 0 unspecified atom stereocenters. The van der Waals surface area contributed by atoms with E-state index in [-0.39, 0.29) is 5.41 Å². The van der Waals surface area contributed by atoms with Crippen molar-refractivity contribution in [3.63, 3.8) is 0 Å². The van der Waals surface area contributed by atoms with E-state index in [0.717, 1.165) is 11.3 Å². The highest BCUT2D eigenvalue weighted by molar-refractivity contribution is 6.12. The number of hydrogen-bond acceptors (Lipinski definition) is 1. The number of pyridine rings is 1. The molecule has 2 heteroatoms. The third-order valence-corrected chi connectivity index (χ3v) is 8.64. The van der Waals surface area contributed by atoms with Gasteiger partial charge in [0.1, 0.15) is 0 Å². The van der Waals surface area contributed by atoms with E-state index in [0.29, 0.717) is 0 Å². The first-order valence-electron chi connectivity index (χ1n) is 13.9. The second kappa shape index (κ2) is 8.53. The molecule has 1 aliphatic carbocycles. The fourth-order valence-electron chi connectivity index (χ4n) is 6.64. The van der Waals surface area contributed by atoms with E-state index in [1.165, 1.54) is 60.9 Å². The Bertz CT molecular complexity index is 2060. The molecule has 40 heavy (non-hydrogen) atoms. The van der Waals surface area contributed by atoms with Crippen LogP contribution in [0.5, 0.6) is 0 Å². The van der Waals surface area contributed by atoms with Crippen LogP contribution in [0, 0.1) is 0 Å². The highest BCUT2D eigenvalue weighted by atomic mass is 15.0. The number of nitrogens with zero attached hydrogens (tertiary/aromatic N) is 2. The van der Waals surface area contributed by atoms with E-state index >= 15 is 0 Å². The van der Waals surface area contributed by atoms with Crippen LogP contribution in [0.1, 0.15) is 25.0 Å². The summed E-state index contributed by atoms with van der Waals surface area (Å²) in [6.07, 6.45) is 1.85. The maximum Gasteiger partial charge on any atom is 0.0702 e. The molecular formula is C38H28N2. The van der Waals surface area contributed by atoms with Gasteiger partial charge in [-0.1, -0.05) is 86.6 Å². The van der Waals surface area contributed by atoms with E-state index in [1.807, 2.05) is 18.3 Å². The van der Waals surface area contributed by atoms with E-state index in [9.17, 15) is 0 Å². The van der Waals surface area contributed by atoms with E-state index < -0.39 is 0 Å². The lowest BCUT2D eigenvalue weighted by atomic mass is 9.82. The lowest BCUT2D eigenvalue weighted by Gasteiger charge is -2.21. The maximum atomic E-state index is 4.57. The number of rotatable bonds is 3. The van der Waals surface area contributed by atoms with Crippen molar-refractivity contribution < 1.29 is 0 Å². The van der Waals surface area contributed by atoms with Crippen molar-refractivity contribution in [3.8, 4) is 39.2 Å². The first-order chi connectivity index (χ1) is 19.6. The van der Waals surface area contributed by atoms with Gasteiger partial charge in [-0.15, -0.1) is 0 Å². The Morgan fingerprint density at radius 1 is 0.525 bits per heavy atom. The Morgan fingerprint density at radius 3 is 2.12 bits per heavy atom. The summed E-state index contributed by atoms with van der Waals surface area (Å²) in [7, 11) is 0. The van der Waals surface area contributed by atoms with Crippen LogP contribution in [0.15, 0.2) is 134 Å². The molecule has 0 fully saturated rings. The summed E-state index contributed by atoms with van der Waals surface area (Å²) >= 11 is 0. The van der Waals surface area contributed by atoms with Gasteiger partial charge in [0, 0.05) is 33.6 Å². The molecule has 2 nitrogen and oxygen atoms in total. The quantitative estimate of drug-likeness (QED) is 0.230. The molecule has 8 rings (SSSR count). The average molecular weight is 513 g/mol. The fraction of sp³-hybridized carbons (Fsp3) is 0.0789. The van der Waals surface area contributed by atoms with Crippen LogP contribution in [0.3, 0.4) is 0 Å². The number of fused-ring (bicyclic) bond motifs is 6. The molecule has 0 radical (unpaired) electrons. The zero-order chi connectivity index (χ0) is 26.8. The number of hydrogen-bond donors (Lipinski definition) is 0. The van der Waals surface area contributed by atoms with Gasteiger partial charge in [0.2, 0.25) is 0 Å². The van der Waals surface area contributed by atoms with Gasteiger partial charge in [-0.05, 0) is 88.0 Å². The highest BCUT2D eigenvalue weighted by Gasteiger charge is 2.36. The molecule has 0 spiro atoms. The van der Waals surface area contributed by atoms with Crippen molar-refractivity contribution in [1.82, 2.24) is 9.55 Å². The van der Waals surface area contributed by atoms with E-state index in [2.05, 4.69) is 139 Å². The minimum atomic E-state index is -0.0465. The summed E-state index contributed by atoms with van der Waals surface area (Å²) in [4.78, 5) is 4.57. The largest absolute Gasteiger partial charge is 0.309 e. The van der Waals surface area contributed by atoms with Gasteiger partial charge in [-0.25, -0.2) is 0 Å². The van der Waals surface area contributed by atoms with Crippen LogP contribution in [-0.4, -0.2) is 9.55 Å². The van der Waals surface area contributed by atoms with Crippen LogP contribution in [0.25, 0.3) is 61.0 Å².